The topological polar surface area (TPSA) is 87.7 Å². The molecule has 0 bridgehead atoms. The zero-order valence-corrected chi connectivity index (χ0v) is 22.1. The smallest absolute Gasteiger partial charge is 0.408 e. The Labute approximate surface area is 209 Å². The Kier molecular flexibility index (Phi) is 12.0. The zero-order chi connectivity index (χ0) is 25.9. The Hall–Kier alpha value is -2.66. The minimum absolute atomic E-state index is 0.0525. The molecule has 188 valence electrons. The van der Waals surface area contributed by atoms with Gasteiger partial charge < -0.3 is 20.3 Å². The number of benzene rings is 1. The maximum Gasteiger partial charge on any atom is 0.408 e. The number of rotatable bonds is 11. The number of nitrogens with zero attached hydrogens (tertiary/aromatic N) is 1. The second-order valence-corrected chi connectivity index (χ2v) is 9.82. The van der Waals surface area contributed by atoms with E-state index in [9.17, 15) is 14.4 Å². The van der Waals surface area contributed by atoms with Gasteiger partial charge in [0, 0.05) is 23.9 Å². The number of unbranched alkanes of at least 4 members (excludes halogenated alkanes) is 2. The monoisotopic (exact) mass is 489 g/mol. The van der Waals surface area contributed by atoms with Crippen molar-refractivity contribution in [1.82, 2.24) is 15.5 Å². The third-order valence-electron chi connectivity index (χ3n) is 4.84. The van der Waals surface area contributed by atoms with Crippen molar-refractivity contribution in [1.29, 1.82) is 0 Å². The summed E-state index contributed by atoms with van der Waals surface area (Å²) in [5.41, 5.74) is 0.598. The molecule has 0 aliphatic heterocycles. The first-order valence-corrected chi connectivity index (χ1v) is 12.3. The molecule has 0 radical (unpaired) electrons. The fourth-order valence-electron chi connectivity index (χ4n) is 3.33. The van der Waals surface area contributed by atoms with Gasteiger partial charge in [-0.05, 0) is 58.7 Å². The predicted molar refractivity (Wildman–Crippen MR) is 139 cm³/mol. The van der Waals surface area contributed by atoms with Crippen LogP contribution in [0.3, 0.4) is 0 Å². The molecule has 1 aromatic carbocycles. The van der Waals surface area contributed by atoms with Crippen molar-refractivity contribution >= 4 is 30.5 Å². The number of carbonyl (C=O) groups is 3. The van der Waals surface area contributed by atoms with Crippen LogP contribution in [0.1, 0.15) is 78.0 Å². The van der Waals surface area contributed by atoms with Crippen LogP contribution in [0.4, 0.5) is 4.79 Å². The van der Waals surface area contributed by atoms with Gasteiger partial charge in [-0.15, -0.1) is 6.42 Å². The number of hydrogen-bond acceptors (Lipinski definition) is 5. The lowest BCUT2D eigenvalue weighted by molar-refractivity contribution is -0.142. The average molecular weight is 490 g/mol. The van der Waals surface area contributed by atoms with Gasteiger partial charge in [0.2, 0.25) is 11.8 Å². The van der Waals surface area contributed by atoms with E-state index in [0.29, 0.717) is 24.1 Å². The molecule has 1 rings (SSSR count). The predicted octanol–water partition coefficient (Wildman–Crippen LogP) is 4.08. The van der Waals surface area contributed by atoms with Gasteiger partial charge in [0.05, 0.1) is 0 Å². The number of hydrogen-bond donors (Lipinski definition) is 3. The van der Waals surface area contributed by atoms with E-state index in [1.807, 2.05) is 13.8 Å². The quantitative estimate of drug-likeness (QED) is 0.248. The van der Waals surface area contributed by atoms with E-state index < -0.39 is 29.7 Å². The van der Waals surface area contributed by atoms with Gasteiger partial charge in [-0.25, -0.2) is 4.79 Å². The Morgan fingerprint density at radius 3 is 2.21 bits per heavy atom. The summed E-state index contributed by atoms with van der Waals surface area (Å²) in [6, 6.07) is 5.05. The summed E-state index contributed by atoms with van der Waals surface area (Å²) in [6.45, 7) is 11.4. The third kappa shape index (κ3) is 9.68. The largest absolute Gasteiger partial charge is 0.444 e. The molecule has 3 amide bonds. The van der Waals surface area contributed by atoms with Crippen LogP contribution in [0.25, 0.3) is 0 Å². The average Bonchev–Trinajstić information content (AvgIpc) is 2.75. The Morgan fingerprint density at radius 1 is 1.12 bits per heavy atom. The number of thiol groups is 1. The lowest BCUT2D eigenvalue weighted by Gasteiger charge is -2.34. The molecular weight excluding hydrogens is 450 g/mol. The van der Waals surface area contributed by atoms with E-state index in [1.54, 1.807) is 45.0 Å². The molecule has 8 heteroatoms. The van der Waals surface area contributed by atoms with Crippen LogP contribution in [-0.4, -0.2) is 52.8 Å². The Balaban J connectivity index is 3.38. The van der Waals surface area contributed by atoms with Crippen molar-refractivity contribution in [3.8, 4) is 12.3 Å². The van der Waals surface area contributed by atoms with E-state index >= 15 is 0 Å². The highest BCUT2D eigenvalue weighted by Gasteiger charge is 2.35. The van der Waals surface area contributed by atoms with Crippen molar-refractivity contribution in [2.45, 2.75) is 84.5 Å². The molecule has 2 atom stereocenters. The van der Waals surface area contributed by atoms with Gasteiger partial charge >= 0.3 is 6.09 Å². The van der Waals surface area contributed by atoms with Crippen LogP contribution in [0, 0.1) is 12.3 Å². The molecule has 0 spiro atoms. The number of carbonyl (C=O) groups excluding carboxylic acids is 3. The first-order valence-electron chi connectivity index (χ1n) is 11.7. The third-order valence-corrected chi connectivity index (χ3v) is 5.21. The van der Waals surface area contributed by atoms with Crippen LogP contribution < -0.4 is 10.6 Å². The Bertz CT molecular complexity index is 856. The summed E-state index contributed by atoms with van der Waals surface area (Å²) in [6.07, 6.45) is 7.33. The van der Waals surface area contributed by atoms with Gasteiger partial charge in [0.1, 0.15) is 17.7 Å². The van der Waals surface area contributed by atoms with Gasteiger partial charge in [0.15, 0.2) is 0 Å². The molecule has 2 N–H and O–H groups in total. The molecular formula is C26H39N3O4S. The SMILES string of the molecule is C#Cc1ccc(C(C(=O)NC(C)C)N(CCCCC)C(=O)C(CS)NC(=O)OC(C)(C)C)cc1. The second-order valence-electron chi connectivity index (χ2n) is 9.45. The molecule has 1 aromatic rings. The molecule has 2 unspecified atom stereocenters. The van der Waals surface area contributed by atoms with E-state index in [-0.39, 0.29) is 17.7 Å². The molecule has 0 saturated heterocycles. The van der Waals surface area contributed by atoms with Crippen molar-refractivity contribution in [2.75, 3.05) is 12.3 Å². The van der Waals surface area contributed by atoms with Gasteiger partial charge in [-0.3, -0.25) is 9.59 Å². The summed E-state index contributed by atoms with van der Waals surface area (Å²) in [4.78, 5) is 40.9. The highest BCUT2D eigenvalue weighted by atomic mass is 32.1. The normalized spacial score (nSPS) is 12.9. The summed E-state index contributed by atoms with van der Waals surface area (Å²) < 4.78 is 5.32. The second kappa shape index (κ2) is 13.9. The highest BCUT2D eigenvalue weighted by Crippen LogP contribution is 2.24. The van der Waals surface area contributed by atoms with E-state index in [4.69, 9.17) is 11.2 Å². The van der Waals surface area contributed by atoms with E-state index in [2.05, 4.69) is 36.1 Å². The van der Waals surface area contributed by atoms with E-state index in [1.165, 1.54) is 4.90 Å². The molecule has 0 fully saturated rings. The first-order chi connectivity index (χ1) is 15.9. The number of ether oxygens (including phenoxy) is 1. The Morgan fingerprint density at radius 2 is 1.74 bits per heavy atom. The fraction of sp³-hybridized carbons (Fsp3) is 0.577. The van der Waals surface area contributed by atoms with Crippen LogP contribution in [-0.2, 0) is 14.3 Å². The van der Waals surface area contributed by atoms with Crippen LogP contribution in [0.5, 0.6) is 0 Å². The summed E-state index contributed by atoms with van der Waals surface area (Å²) >= 11 is 4.29. The maximum atomic E-state index is 13.7. The lowest BCUT2D eigenvalue weighted by Crippen LogP contribution is -2.54. The molecule has 34 heavy (non-hydrogen) atoms. The molecule has 7 nitrogen and oxygen atoms in total. The van der Waals surface area contributed by atoms with Crippen molar-refractivity contribution in [3.63, 3.8) is 0 Å². The summed E-state index contributed by atoms with van der Waals surface area (Å²) in [5, 5.41) is 5.53. The van der Waals surface area contributed by atoms with Crippen molar-refractivity contribution in [2.24, 2.45) is 0 Å². The summed E-state index contributed by atoms with van der Waals surface area (Å²) in [7, 11) is 0. The van der Waals surface area contributed by atoms with Crippen LogP contribution in [0.2, 0.25) is 0 Å². The lowest BCUT2D eigenvalue weighted by atomic mass is 10.0. The van der Waals surface area contributed by atoms with Gasteiger partial charge in [-0.1, -0.05) is 37.8 Å². The van der Waals surface area contributed by atoms with Crippen molar-refractivity contribution < 1.29 is 19.1 Å². The minimum Gasteiger partial charge on any atom is -0.444 e. The molecule has 0 aliphatic rings. The number of terminal acetylenes is 1. The minimum atomic E-state index is -0.959. The molecule has 0 aromatic heterocycles. The van der Waals surface area contributed by atoms with Gasteiger partial charge in [0.25, 0.3) is 0 Å². The molecule has 0 heterocycles. The van der Waals surface area contributed by atoms with Crippen LogP contribution >= 0.6 is 12.6 Å². The number of nitrogens with one attached hydrogen (secondary N) is 2. The zero-order valence-electron chi connectivity index (χ0n) is 21.2. The van der Waals surface area contributed by atoms with Gasteiger partial charge in [-0.2, -0.15) is 12.6 Å². The number of amides is 3. The highest BCUT2D eigenvalue weighted by molar-refractivity contribution is 7.80. The number of alkyl carbamates (subject to hydrolysis) is 1. The maximum absolute atomic E-state index is 13.7. The fourth-order valence-corrected chi connectivity index (χ4v) is 3.58. The summed E-state index contributed by atoms with van der Waals surface area (Å²) in [5.74, 6) is 1.91. The van der Waals surface area contributed by atoms with Crippen LogP contribution in [0.15, 0.2) is 24.3 Å². The molecule has 0 saturated carbocycles. The standard InChI is InChI=1S/C26H39N3O4S/c1-8-10-11-16-29(24(31)21(17-34)28-25(32)33-26(5,6)7)22(23(30)27-18(3)4)20-14-12-19(9-2)13-15-20/h2,12-15,18,21-22,34H,8,10-11,16-17H2,1,3-7H3,(H,27,30)(H,28,32). The van der Waals surface area contributed by atoms with Crippen molar-refractivity contribution in [3.05, 3.63) is 35.4 Å². The first kappa shape index (κ1) is 29.4. The molecule has 0 aliphatic carbocycles. The van der Waals surface area contributed by atoms with E-state index in [0.717, 1.165) is 12.8 Å².